The Morgan fingerprint density at radius 2 is 1.81 bits per heavy atom. The molecule has 0 bridgehead atoms. The molecule has 0 aliphatic carbocycles. The number of aromatic nitrogens is 4. The second kappa shape index (κ2) is 10.5. The third kappa shape index (κ3) is 4.98. The van der Waals surface area contributed by atoms with Crippen LogP contribution >= 0.6 is 11.8 Å². The monoisotopic (exact) mass is 498 g/mol. The molecule has 0 aliphatic rings. The van der Waals surface area contributed by atoms with E-state index >= 15 is 0 Å². The van der Waals surface area contributed by atoms with Crippen molar-refractivity contribution in [2.75, 3.05) is 0 Å². The molecule has 2 heterocycles. The smallest absolute Gasteiger partial charge is 0.234 e. The second-order valence-electron chi connectivity index (χ2n) is 9.21. The van der Waals surface area contributed by atoms with E-state index in [4.69, 9.17) is 4.98 Å². The molecule has 0 saturated heterocycles. The Bertz CT molecular complexity index is 1430. The van der Waals surface area contributed by atoms with E-state index in [0.717, 1.165) is 33.5 Å². The zero-order valence-corrected chi connectivity index (χ0v) is 22.0. The molecule has 0 fully saturated rings. The summed E-state index contributed by atoms with van der Waals surface area (Å²) in [5.41, 5.74) is 2.78. The lowest BCUT2D eigenvalue weighted by molar-refractivity contribution is -0.121. The minimum Gasteiger partial charge on any atom is -0.337 e. The van der Waals surface area contributed by atoms with E-state index in [1.165, 1.54) is 11.8 Å². The highest BCUT2D eigenvalue weighted by atomic mass is 32.2. The highest BCUT2D eigenvalue weighted by Crippen LogP contribution is 2.34. The molecule has 1 amide bonds. The molecule has 2 aromatic heterocycles. The summed E-state index contributed by atoms with van der Waals surface area (Å²) >= 11 is 1.34. The first-order valence-electron chi connectivity index (χ1n) is 12.1. The van der Waals surface area contributed by atoms with E-state index in [-0.39, 0.29) is 11.8 Å². The van der Waals surface area contributed by atoms with Gasteiger partial charge >= 0.3 is 0 Å². The van der Waals surface area contributed by atoms with Crippen LogP contribution in [0.2, 0.25) is 0 Å². The number of amides is 1. The largest absolute Gasteiger partial charge is 0.337 e. The molecule has 2 unspecified atom stereocenters. The van der Waals surface area contributed by atoms with Crippen LogP contribution in [0.25, 0.3) is 33.5 Å². The highest BCUT2D eigenvalue weighted by molar-refractivity contribution is 8.00. The Hall–Kier alpha value is -3.70. The number of fused-ring (bicyclic) bond motifs is 1. The normalized spacial score (nSPS) is 13.8. The van der Waals surface area contributed by atoms with Crippen LogP contribution in [0.15, 0.2) is 65.8 Å². The Kier molecular flexibility index (Phi) is 7.41. The third-order valence-corrected chi connectivity index (χ3v) is 7.56. The lowest BCUT2D eigenvalue weighted by Crippen LogP contribution is -2.51. The zero-order chi connectivity index (χ0) is 25.9. The van der Waals surface area contributed by atoms with Gasteiger partial charge in [0.15, 0.2) is 11.0 Å². The van der Waals surface area contributed by atoms with Crippen molar-refractivity contribution in [1.82, 2.24) is 25.1 Å². The van der Waals surface area contributed by atoms with E-state index in [1.807, 2.05) is 86.9 Å². The number of carbonyl (C=O) groups excluding carboxylic acids is 1. The summed E-state index contributed by atoms with van der Waals surface area (Å²) in [6.07, 6.45) is 0. The Balaban J connectivity index is 1.71. The average Bonchev–Trinajstić information content (AvgIpc) is 3.30. The summed E-state index contributed by atoms with van der Waals surface area (Å²) in [5, 5.41) is 22.7. The van der Waals surface area contributed by atoms with Gasteiger partial charge in [0.05, 0.1) is 22.5 Å². The number of pyridine rings is 1. The minimum absolute atomic E-state index is 0.0201. The van der Waals surface area contributed by atoms with E-state index in [1.54, 1.807) is 6.92 Å². The number of nitriles is 1. The van der Waals surface area contributed by atoms with Crippen molar-refractivity contribution in [3.8, 4) is 28.7 Å². The molecule has 7 nitrogen and oxygen atoms in total. The maximum atomic E-state index is 12.9. The molecular formula is C28H30N6OS. The van der Waals surface area contributed by atoms with Gasteiger partial charge in [-0.3, -0.25) is 4.79 Å². The number of benzene rings is 2. The molecule has 4 aromatic rings. The number of hydrogen-bond acceptors (Lipinski definition) is 6. The third-order valence-electron chi connectivity index (χ3n) is 6.48. The van der Waals surface area contributed by atoms with Crippen LogP contribution in [-0.2, 0) is 11.3 Å². The highest BCUT2D eigenvalue weighted by Gasteiger charge is 2.32. The molecule has 2 aromatic carbocycles. The molecule has 8 heteroatoms. The lowest BCUT2D eigenvalue weighted by Gasteiger charge is -2.28. The standard InChI is InChI=1S/C28H30N6OS/c1-6-34-25(32-33-27(34)36-19(4)26(35)31-28(5,17-29)18(2)3)22-16-24(20-12-8-7-9-13-20)30-23-15-11-10-14-21(22)23/h7-16,18-19H,6H2,1-5H3,(H,31,35). The number of hydrogen-bond donors (Lipinski definition) is 1. The van der Waals surface area contributed by atoms with Gasteiger partial charge in [-0.2, -0.15) is 5.26 Å². The van der Waals surface area contributed by atoms with E-state index in [9.17, 15) is 10.1 Å². The topological polar surface area (TPSA) is 96.5 Å². The predicted octanol–water partition coefficient (Wildman–Crippen LogP) is 5.72. The first-order chi connectivity index (χ1) is 17.3. The van der Waals surface area contributed by atoms with Crippen molar-refractivity contribution >= 4 is 28.6 Å². The Morgan fingerprint density at radius 3 is 2.47 bits per heavy atom. The van der Waals surface area contributed by atoms with Crippen molar-refractivity contribution in [3.63, 3.8) is 0 Å². The van der Waals surface area contributed by atoms with Crippen molar-refractivity contribution in [3.05, 3.63) is 60.7 Å². The van der Waals surface area contributed by atoms with Crippen LogP contribution in [0.3, 0.4) is 0 Å². The van der Waals surface area contributed by atoms with Gasteiger partial charge < -0.3 is 9.88 Å². The van der Waals surface area contributed by atoms with E-state index in [0.29, 0.717) is 11.7 Å². The number of thioether (sulfide) groups is 1. The van der Waals surface area contributed by atoms with Crippen LogP contribution in [-0.4, -0.2) is 36.4 Å². The number of nitrogens with one attached hydrogen (secondary N) is 1. The summed E-state index contributed by atoms with van der Waals surface area (Å²) in [7, 11) is 0. The molecule has 4 rings (SSSR count). The van der Waals surface area contributed by atoms with Gasteiger partial charge in [0.1, 0.15) is 5.54 Å². The predicted molar refractivity (Wildman–Crippen MR) is 144 cm³/mol. The van der Waals surface area contributed by atoms with Gasteiger partial charge in [-0.15, -0.1) is 10.2 Å². The van der Waals surface area contributed by atoms with Gasteiger partial charge in [0.2, 0.25) is 5.91 Å². The second-order valence-corrected chi connectivity index (χ2v) is 10.5. The number of para-hydroxylation sites is 1. The maximum Gasteiger partial charge on any atom is 0.234 e. The van der Waals surface area contributed by atoms with Gasteiger partial charge in [-0.25, -0.2) is 4.98 Å². The fraction of sp³-hybridized carbons (Fsp3) is 0.321. The molecule has 0 saturated carbocycles. The van der Waals surface area contributed by atoms with Crippen LogP contribution in [0.4, 0.5) is 0 Å². The molecule has 0 radical (unpaired) electrons. The summed E-state index contributed by atoms with van der Waals surface area (Å²) in [4.78, 5) is 17.8. The minimum atomic E-state index is -0.931. The first-order valence-corrected chi connectivity index (χ1v) is 12.9. The molecule has 0 spiro atoms. The van der Waals surface area contributed by atoms with Gasteiger partial charge in [0.25, 0.3) is 0 Å². The maximum absolute atomic E-state index is 12.9. The Morgan fingerprint density at radius 1 is 1.11 bits per heavy atom. The lowest BCUT2D eigenvalue weighted by atomic mass is 9.90. The SMILES string of the molecule is CCn1c(SC(C)C(=O)NC(C)(C#N)C(C)C)nnc1-c1cc(-c2ccccc2)nc2ccccc12. The van der Waals surface area contributed by atoms with Crippen molar-refractivity contribution in [2.45, 2.75) is 57.1 Å². The first kappa shape index (κ1) is 25.4. The van der Waals surface area contributed by atoms with Crippen LogP contribution in [0.1, 0.15) is 34.6 Å². The molecule has 1 N–H and O–H groups in total. The fourth-order valence-corrected chi connectivity index (χ4v) is 4.76. The van der Waals surface area contributed by atoms with E-state index < -0.39 is 10.8 Å². The average molecular weight is 499 g/mol. The van der Waals surface area contributed by atoms with E-state index in [2.05, 4.69) is 27.6 Å². The fourth-order valence-electron chi connectivity index (χ4n) is 3.85. The molecule has 2 atom stereocenters. The number of nitrogens with zero attached hydrogens (tertiary/aromatic N) is 5. The zero-order valence-electron chi connectivity index (χ0n) is 21.2. The van der Waals surface area contributed by atoms with Crippen molar-refractivity contribution in [1.29, 1.82) is 5.26 Å². The van der Waals surface area contributed by atoms with Crippen LogP contribution < -0.4 is 5.32 Å². The molecule has 184 valence electrons. The molecule has 0 aliphatic heterocycles. The van der Waals surface area contributed by atoms with Crippen LogP contribution in [0, 0.1) is 17.2 Å². The molecular weight excluding hydrogens is 468 g/mol. The number of rotatable bonds is 8. The summed E-state index contributed by atoms with van der Waals surface area (Å²) in [6, 6.07) is 22.4. The van der Waals surface area contributed by atoms with Crippen molar-refractivity contribution in [2.24, 2.45) is 5.92 Å². The van der Waals surface area contributed by atoms with Gasteiger partial charge in [-0.05, 0) is 38.8 Å². The summed E-state index contributed by atoms with van der Waals surface area (Å²) < 4.78 is 2.02. The van der Waals surface area contributed by atoms with Crippen LogP contribution in [0.5, 0.6) is 0 Å². The molecule has 36 heavy (non-hydrogen) atoms. The summed E-state index contributed by atoms with van der Waals surface area (Å²) in [5.74, 6) is 0.506. The van der Waals surface area contributed by atoms with Crippen molar-refractivity contribution < 1.29 is 4.79 Å². The Labute approximate surface area is 216 Å². The van der Waals surface area contributed by atoms with Gasteiger partial charge in [0, 0.05) is 23.1 Å². The summed E-state index contributed by atoms with van der Waals surface area (Å²) in [6.45, 7) is 10.1. The van der Waals surface area contributed by atoms with Gasteiger partial charge in [-0.1, -0.05) is 74.1 Å². The quantitative estimate of drug-likeness (QED) is 0.312. The number of carbonyl (C=O) groups is 1.